The van der Waals surface area contributed by atoms with Gasteiger partial charge < -0.3 is 14.5 Å². The predicted molar refractivity (Wildman–Crippen MR) is 83.8 cm³/mol. The van der Waals surface area contributed by atoms with E-state index in [9.17, 15) is 0 Å². The molecule has 2 aromatic rings. The van der Waals surface area contributed by atoms with Gasteiger partial charge in [0.1, 0.15) is 18.1 Å². The zero-order chi connectivity index (χ0) is 14.8. The molecule has 0 spiro atoms. The number of hydrogen-bond donors (Lipinski definition) is 1. The normalized spacial score (nSPS) is 14.4. The summed E-state index contributed by atoms with van der Waals surface area (Å²) in [5, 5.41) is 4.26. The summed E-state index contributed by atoms with van der Waals surface area (Å²) >= 11 is 6.17. The Morgan fingerprint density at radius 3 is 2.67 bits per heavy atom. The Kier molecular flexibility index (Phi) is 4.22. The predicted octanol–water partition coefficient (Wildman–Crippen LogP) is 4.38. The van der Waals surface area contributed by atoms with Crippen LogP contribution in [-0.2, 0) is 13.2 Å². The highest BCUT2D eigenvalue weighted by molar-refractivity contribution is 6.32. The lowest BCUT2D eigenvalue weighted by Crippen LogP contribution is -2.16. The van der Waals surface area contributed by atoms with Crippen molar-refractivity contribution in [3.8, 4) is 5.75 Å². The molecule has 3 nitrogen and oxygen atoms in total. The molecule has 1 aliphatic rings. The van der Waals surface area contributed by atoms with Crippen LogP contribution in [0.3, 0.4) is 0 Å². The van der Waals surface area contributed by atoms with Crippen molar-refractivity contribution < 1.29 is 9.15 Å². The molecule has 1 heterocycles. The van der Waals surface area contributed by atoms with E-state index in [0.29, 0.717) is 12.6 Å². The lowest BCUT2D eigenvalue weighted by molar-refractivity contribution is 0.301. The highest BCUT2D eigenvalue weighted by Crippen LogP contribution is 2.27. The lowest BCUT2D eigenvalue weighted by Gasteiger charge is -2.10. The fourth-order valence-electron chi connectivity index (χ4n) is 2.33. The van der Waals surface area contributed by atoms with Gasteiger partial charge in [-0.2, -0.15) is 0 Å². The van der Waals surface area contributed by atoms with Crippen molar-refractivity contribution in [2.75, 3.05) is 0 Å². The molecule has 3 rings (SSSR count). The molecule has 1 N–H and O–H groups in total. The van der Waals surface area contributed by atoms with Crippen LogP contribution in [0.1, 0.15) is 35.3 Å². The van der Waals surface area contributed by atoms with Crippen molar-refractivity contribution in [2.24, 2.45) is 0 Å². The number of ether oxygens (including phenoxy) is 1. The van der Waals surface area contributed by atoms with Crippen molar-refractivity contribution in [1.29, 1.82) is 0 Å². The summed E-state index contributed by atoms with van der Waals surface area (Å²) in [4.78, 5) is 0. The average Bonchev–Trinajstić information content (AvgIpc) is 3.18. The topological polar surface area (TPSA) is 34.4 Å². The fraction of sp³-hybridized carbons (Fsp3) is 0.412. The Labute approximate surface area is 130 Å². The third-order valence-electron chi connectivity index (χ3n) is 3.77. The summed E-state index contributed by atoms with van der Waals surface area (Å²) < 4.78 is 11.4. The monoisotopic (exact) mass is 305 g/mol. The molecule has 1 aliphatic carbocycles. The smallest absolute Gasteiger partial charge is 0.124 e. The lowest BCUT2D eigenvalue weighted by atomic mass is 10.1. The Hall–Kier alpha value is -1.45. The number of aryl methyl sites for hydroxylation is 2. The maximum atomic E-state index is 6.17. The van der Waals surface area contributed by atoms with Gasteiger partial charge in [0, 0.05) is 16.6 Å². The van der Waals surface area contributed by atoms with Crippen LogP contribution >= 0.6 is 11.6 Å². The van der Waals surface area contributed by atoms with Gasteiger partial charge in [-0.25, -0.2) is 0 Å². The van der Waals surface area contributed by atoms with Gasteiger partial charge in [0.05, 0.1) is 12.8 Å². The van der Waals surface area contributed by atoms with Crippen LogP contribution in [0.5, 0.6) is 5.75 Å². The van der Waals surface area contributed by atoms with E-state index in [1.165, 1.54) is 12.8 Å². The van der Waals surface area contributed by atoms with Crippen LogP contribution in [0.4, 0.5) is 0 Å². The van der Waals surface area contributed by atoms with Gasteiger partial charge in [0.25, 0.3) is 0 Å². The summed E-state index contributed by atoms with van der Waals surface area (Å²) in [5.74, 6) is 1.81. The van der Waals surface area contributed by atoms with Crippen LogP contribution < -0.4 is 10.1 Å². The maximum absolute atomic E-state index is 6.17. The van der Waals surface area contributed by atoms with Crippen molar-refractivity contribution in [2.45, 2.75) is 45.9 Å². The molecule has 112 valence electrons. The largest absolute Gasteiger partial charge is 0.489 e. The second-order valence-electron chi connectivity index (χ2n) is 5.68. The third kappa shape index (κ3) is 3.60. The molecular formula is C17H20ClNO2. The maximum Gasteiger partial charge on any atom is 0.124 e. The first-order valence-corrected chi connectivity index (χ1v) is 7.69. The first kappa shape index (κ1) is 14.5. The summed E-state index contributed by atoms with van der Waals surface area (Å²) in [6, 6.07) is 6.58. The van der Waals surface area contributed by atoms with Crippen LogP contribution in [-0.4, -0.2) is 6.04 Å². The van der Waals surface area contributed by atoms with E-state index in [1.54, 1.807) is 6.26 Å². The van der Waals surface area contributed by atoms with Crippen LogP contribution in [0.25, 0.3) is 0 Å². The molecular weight excluding hydrogens is 286 g/mol. The molecule has 0 bridgehead atoms. The Balaban J connectivity index is 1.63. The fourth-order valence-corrected chi connectivity index (χ4v) is 2.43. The number of hydrogen-bond acceptors (Lipinski definition) is 3. The van der Waals surface area contributed by atoms with Gasteiger partial charge in [-0.3, -0.25) is 0 Å². The van der Waals surface area contributed by atoms with Gasteiger partial charge in [-0.15, -0.1) is 0 Å². The molecule has 1 aromatic heterocycles. The van der Waals surface area contributed by atoms with E-state index in [0.717, 1.165) is 39.8 Å². The minimum atomic E-state index is 0.513. The molecule has 4 heteroatoms. The van der Waals surface area contributed by atoms with Gasteiger partial charge in [0.2, 0.25) is 0 Å². The van der Waals surface area contributed by atoms with Gasteiger partial charge >= 0.3 is 0 Å². The molecule has 0 radical (unpaired) electrons. The van der Waals surface area contributed by atoms with Crippen molar-refractivity contribution in [1.82, 2.24) is 5.32 Å². The Morgan fingerprint density at radius 2 is 2.00 bits per heavy atom. The van der Waals surface area contributed by atoms with Crippen molar-refractivity contribution >= 4 is 11.6 Å². The number of nitrogens with one attached hydrogen (secondary N) is 1. The molecule has 0 atom stereocenters. The van der Waals surface area contributed by atoms with Gasteiger partial charge in [-0.05, 0) is 56.0 Å². The molecule has 1 saturated carbocycles. The summed E-state index contributed by atoms with van der Waals surface area (Å²) in [6.45, 7) is 5.27. The van der Waals surface area contributed by atoms with Crippen LogP contribution in [0.2, 0.25) is 5.02 Å². The van der Waals surface area contributed by atoms with E-state index in [-0.39, 0.29) is 0 Å². The zero-order valence-electron chi connectivity index (χ0n) is 12.4. The highest BCUT2D eigenvalue weighted by atomic mass is 35.5. The molecule has 0 aliphatic heterocycles. The van der Waals surface area contributed by atoms with Gasteiger partial charge in [0.15, 0.2) is 0 Å². The molecule has 0 saturated heterocycles. The molecule has 0 amide bonds. The number of benzene rings is 1. The van der Waals surface area contributed by atoms with Crippen LogP contribution in [0, 0.1) is 13.8 Å². The Bertz CT molecular complexity index is 608. The summed E-state index contributed by atoms with van der Waals surface area (Å²) in [5.41, 5.74) is 3.16. The SMILES string of the molecule is Cc1cc(OCc2ccoc2CNC2CC2)cc(C)c1Cl. The first-order valence-electron chi connectivity index (χ1n) is 7.31. The molecule has 0 unspecified atom stereocenters. The van der Waals surface area contributed by atoms with Crippen LogP contribution in [0.15, 0.2) is 28.9 Å². The molecule has 1 fully saturated rings. The van der Waals surface area contributed by atoms with Crippen molar-refractivity contribution in [3.05, 3.63) is 51.9 Å². The third-order valence-corrected chi connectivity index (χ3v) is 4.37. The summed E-state index contributed by atoms with van der Waals surface area (Å²) in [7, 11) is 0. The molecule has 21 heavy (non-hydrogen) atoms. The second-order valence-corrected chi connectivity index (χ2v) is 6.06. The highest BCUT2D eigenvalue weighted by Gasteiger charge is 2.21. The van der Waals surface area contributed by atoms with E-state index >= 15 is 0 Å². The zero-order valence-corrected chi connectivity index (χ0v) is 13.2. The summed E-state index contributed by atoms with van der Waals surface area (Å²) in [6.07, 6.45) is 4.27. The second kappa shape index (κ2) is 6.12. The minimum absolute atomic E-state index is 0.513. The minimum Gasteiger partial charge on any atom is -0.489 e. The standard InChI is InChI=1S/C17H20ClNO2/c1-11-7-15(8-12(2)17(11)18)21-10-13-5-6-20-16(13)9-19-14-3-4-14/h5-8,14,19H,3-4,9-10H2,1-2H3. The average molecular weight is 306 g/mol. The quantitative estimate of drug-likeness (QED) is 0.860. The number of halogens is 1. The number of furan rings is 1. The molecule has 1 aromatic carbocycles. The van der Waals surface area contributed by atoms with Crippen molar-refractivity contribution in [3.63, 3.8) is 0 Å². The van der Waals surface area contributed by atoms with E-state index < -0.39 is 0 Å². The van der Waals surface area contributed by atoms with E-state index in [2.05, 4.69) is 5.32 Å². The van der Waals surface area contributed by atoms with E-state index in [1.807, 2.05) is 32.0 Å². The number of rotatable bonds is 6. The van der Waals surface area contributed by atoms with Gasteiger partial charge in [-0.1, -0.05) is 11.6 Å². The first-order chi connectivity index (χ1) is 10.1. The van der Waals surface area contributed by atoms with E-state index in [4.69, 9.17) is 20.8 Å². The Morgan fingerprint density at radius 1 is 1.29 bits per heavy atom.